The van der Waals surface area contributed by atoms with Gasteiger partial charge in [0, 0.05) is 25.4 Å². The van der Waals surface area contributed by atoms with Crippen molar-refractivity contribution in [3.63, 3.8) is 0 Å². The molecule has 0 radical (unpaired) electrons. The predicted molar refractivity (Wildman–Crippen MR) is 85.7 cm³/mol. The maximum atomic E-state index is 11.8. The van der Waals surface area contributed by atoms with Crippen LogP contribution in [0.2, 0.25) is 0 Å². The van der Waals surface area contributed by atoms with Crippen LogP contribution in [-0.2, 0) is 4.79 Å². The van der Waals surface area contributed by atoms with E-state index in [4.69, 9.17) is 0 Å². The zero-order chi connectivity index (χ0) is 14.9. The van der Waals surface area contributed by atoms with Gasteiger partial charge in [0.15, 0.2) is 0 Å². The number of nitrogens with one attached hydrogen (secondary N) is 1. The Morgan fingerprint density at radius 3 is 2.90 bits per heavy atom. The Morgan fingerprint density at radius 1 is 1.38 bits per heavy atom. The minimum Gasteiger partial charge on any atom is -0.352 e. The van der Waals surface area contributed by atoms with Crippen molar-refractivity contribution >= 4 is 12.0 Å². The topological polar surface area (TPSA) is 45.2 Å². The normalized spacial score (nSPS) is 17.8. The molecule has 1 unspecified atom stereocenters. The molecule has 0 aliphatic carbocycles. The maximum absolute atomic E-state index is 11.8. The highest BCUT2D eigenvalue weighted by molar-refractivity contribution is 5.91. The molecular formula is C17H25N3O. The average molecular weight is 287 g/mol. The largest absolute Gasteiger partial charge is 0.352 e. The van der Waals surface area contributed by atoms with Crippen LogP contribution in [-0.4, -0.2) is 42.0 Å². The van der Waals surface area contributed by atoms with Crippen LogP contribution in [0.4, 0.5) is 0 Å². The average Bonchev–Trinajstić information content (AvgIpc) is 2.53. The Balaban J connectivity index is 1.67. The van der Waals surface area contributed by atoms with Crippen molar-refractivity contribution in [2.24, 2.45) is 5.92 Å². The molecule has 1 aromatic rings. The second-order valence-corrected chi connectivity index (χ2v) is 5.80. The van der Waals surface area contributed by atoms with Gasteiger partial charge in [-0.15, -0.1) is 0 Å². The van der Waals surface area contributed by atoms with Gasteiger partial charge in [0.25, 0.3) is 0 Å². The molecule has 2 heterocycles. The summed E-state index contributed by atoms with van der Waals surface area (Å²) in [7, 11) is 0. The van der Waals surface area contributed by atoms with Gasteiger partial charge in [-0.05, 0) is 50.1 Å². The second-order valence-electron chi connectivity index (χ2n) is 5.80. The van der Waals surface area contributed by atoms with Crippen LogP contribution in [0.5, 0.6) is 0 Å². The first-order valence-corrected chi connectivity index (χ1v) is 7.83. The molecule has 1 saturated heterocycles. The first kappa shape index (κ1) is 15.7. The Morgan fingerprint density at radius 2 is 2.19 bits per heavy atom. The van der Waals surface area contributed by atoms with Gasteiger partial charge in [0.1, 0.15) is 0 Å². The monoisotopic (exact) mass is 287 g/mol. The smallest absolute Gasteiger partial charge is 0.244 e. The SMILES string of the molecule is CC(CNC(=O)C=Cc1ccccn1)CN1CCCCC1. The van der Waals surface area contributed by atoms with E-state index in [9.17, 15) is 4.79 Å². The number of hydrogen-bond donors (Lipinski definition) is 1. The third-order valence-corrected chi connectivity index (χ3v) is 3.74. The van der Waals surface area contributed by atoms with Crippen LogP contribution in [0.25, 0.3) is 6.08 Å². The first-order valence-electron chi connectivity index (χ1n) is 7.83. The van der Waals surface area contributed by atoms with E-state index in [2.05, 4.69) is 22.1 Å². The zero-order valence-electron chi connectivity index (χ0n) is 12.8. The lowest BCUT2D eigenvalue weighted by Crippen LogP contribution is -2.37. The van der Waals surface area contributed by atoms with Gasteiger partial charge in [-0.1, -0.05) is 19.4 Å². The van der Waals surface area contributed by atoms with E-state index in [0.717, 1.165) is 18.8 Å². The van der Waals surface area contributed by atoms with Gasteiger partial charge in [-0.2, -0.15) is 0 Å². The fourth-order valence-corrected chi connectivity index (χ4v) is 2.62. The van der Waals surface area contributed by atoms with Crippen LogP contribution >= 0.6 is 0 Å². The highest BCUT2D eigenvalue weighted by atomic mass is 16.1. The molecule has 0 bridgehead atoms. The molecule has 1 amide bonds. The Kier molecular flexibility index (Phi) is 6.41. The zero-order valence-corrected chi connectivity index (χ0v) is 12.8. The van der Waals surface area contributed by atoms with Crippen molar-refractivity contribution in [3.05, 3.63) is 36.2 Å². The van der Waals surface area contributed by atoms with E-state index >= 15 is 0 Å². The van der Waals surface area contributed by atoms with Crippen LogP contribution < -0.4 is 5.32 Å². The fraction of sp³-hybridized carbons (Fsp3) is 0.529. The Labute approximate surface area is 127 Å². The second kappa shape index (κ2) is 8.57. The number of pyridine rings is 1. The van der Waals surface area contributed by atoms with Gasteiger partial charge in [-0.25, -0.2) is 0 Å². The number of carbonyl (C=O) groups excluding carboxylic acids is 1. The third-order valence-electron chi connectivity index (χ3n) is 3.74. The number of carbonyl (C=O) groups is 1. The lowest BCUT2D eigenvalue weighted by atomic mass is 10.1. The summed E-state index contributed by atoms with van der Waals surface area (Å²) in [5.41, 5.74) is 0.800. The van der Waals surface area contributed by atoms with Gasteiger partial charge in [-0.3, -0.25) is 9.78 Å². The first-order chi connectivity index (χ1) is 10.2. The summed E-state index contributed by atoms with van der Waals surface area (Å²) >= 11 is 0. The quantitative estimate of drug-likeness (QED) is 0.817. The molecule has 1 aromatic heterocycles. The van der Waals surface area contributed by atoms with Crippen molar-refractivity contribution in [2.45, 2.75) is 26.2 Å². The van der Waals surface area contributed by atoms with E-state index in [1.54, 1.807) is 18.3 Å². The van der Waals surface area contributed by atoms with Gasteiger partial charge in [0.05, 0.1) is 5.69 Å². The number of rotatable bonds is 6. The van der Waals surface area contributed by atoms with Crippen molar-refractivity contribution < 1.29 is 4.79 Å². The fourth-order valence-electron chi connectivity index (χ4n) is 2.62. The maximum Gasteiger partial charge on any atom is 0.244 e. The highest BCUT2D eigenvalue weighted by Crippen LogP contribution is 2.10. The summed E-state index contributed by atoms with van der Waals surface area (Å²) < 4.78 is 0. The molecule has 1 fully saturated rings. The third kappa shape index (κ3) is 6.08. The highest BCUT2D eigenvalue weighted by Gasteiger charge is 2.13. The van der Waals surface area contributed by atoms with Crippen LogP contribution in [0.1, 0.15) is 31.9 Å². The van der Waals surface area contributed by atoms with E-state index in [1.807, 2.05) is 18.2 Å². The number of aromatic nitrogens is 1. The molecule has 21 heavy (non-hydrogen) atoms. The molecule has 114 valence electrons. The molecule has 1 aliphatic rings. The van der Waals surface area contributed by atoms with Crippen LogP contribution in [0.3, 0.4) is 0 Å². The van der Waals surface area contributed by atoms with Crippen LogP contribution in [0, 0.1) is 5.92 Å². The molecule has 0 saturated carbocycles. The predicted octanol–water partition coefficient (Wildman–Crippen LogP) is 2.33. The Bertz CT molecular complexity index is 452. The molecule has 0 spiro atoms. The minimum absolute atomic E-state index is 0.0499. The van der Waals surface area contributed by atoms with Crippen molar-refractivity contribution in [3.8, 4) is 0 Å². The number of amides is 1. The molecule has 1 N–H and O–H groups in total. The number of piperidine rings is 1. The molecule has 4 nitrogen and oxygen atoms in total. The molecule has 2 rings (SSSR count). The molecule has 4 heteroatoms. The van der Waals surface area contributed by atoms with Crippen molar-refractivity contribution in [2.75, 3.05) is 26.2 Å². The summed E-state index contributed by atoms with van der Waals surface area (Å²) in [6.07, 6.45) is 9.00. The van der Waals surface area contributed by atoms with E-state index in [0.29, 0.717) is 5.92 Å². The minimum atomic E-state index is -0.0499. The van der Waals surface area contributed by atoms with Gasteiger partial charge >= 0.3 is 0 Å². The lowest BCUT2D eigenvalue weighted by molar-refractivity contribution is -0.116. The van der Waals surface area contributed by atoms with E-state index < -0.39 is 0 Å². The van der Waals surface area contributed by atoms with Crippen molar-refractivity contribution in [1.29, 1.82) is 0 Å². The summed E-state index contributed by atoms with van der Waals surface area (Å²) in [5.74, 6) is 0.432. The Hall–Kier alpha value is -1.68. The number of hydrogen-bond acceptors (Lipinski definition) is 3. The van der Waals surface area contributed by atoms with Gasteiger partial charge in [0.2, 0.25) is 5.91 Å². The summed E-state index contributed by atoms with van der Waals surface area (Å²) in [4.78, 5) is 18.4. The molecule has 0 aromatic carbocycles. The summed E-state index contributed by atoms with van der Waals surface area (Å²) in [5, 5.41) is 2.96. The lowest BCUT2D eigenvalue weighted by Gasteiger charge is -2.29. The summed E-state index contributed by atoms with van der Waals surface area (Å²) in [6, 6.07) is 5.65. The summed E-state index contributed by atoms with van der Waals surface area (Å²) in [6.45, 7) is 6.40. The van der Waals surface area contributed by atoms with E-state index in [-0.39, 0.29) is 5.91 Å². The van der Waals surface area contributed by atoms with Crippen molar-refractivity contribution in [1.82, 2.24) is 15.2 Å². The number of nitrogens with zero attached hydrogens (tertiary/aromatic N) is 2. The standard InChI is InChI=1S/C17H25N3O/c1-15(14-20-11-5-2-6-12-20)13-19-17(21)9-8-16-7-3-4-10-18-16/h3-4,7-10,15H,2,5-6,11-14H2,1H3,(H,19,21). The van der Waals surface area contributed by atoms with Crippen LogP contribution in [0.15, 0.2) is 30.5 Å². The molecular weight excluding hydrogens is 262 g/mol. The molecule has 1 aliphatic heterocycles. The number of likely N-dealkylation sites (tertiary alicyclic amines) is 1. The van der Waals surface area contributed by atoms with Gasteiger partial charge < -0.3 is 10.2 Å². The van der Waals surface area contributed by atoms with E-state index in [1.165, 1.54) is 32.4 Å². The molecule has 1 atom stereocenters.